The van der Waals surface area contributed by atoms with Gasteiger partial charge in [-0.05, 0) is 168 Å². The van der Waals surface area contributed by atoms with Crippen molar-refractivity contribution in [3.63, 3.8) is 0 Å². The second-order valence-corrected chi connectivity index (χ2v) is 28.9. The summed E-state index contributed by atoms with van der Waals surface area (Å²) in [4.78, 5) is 8.48. The third kappa shape index (κ3) is 6.43. The molecular formula is C74H67BN4S. The minimum atomic E-state index is -0.311. The van der Waals surface area contributed by atoms with Crippen molar-refractivity contribution in [2.45, 2.75) is 123 Å². The van der Waals surface area contributed by atoms with Crippen LogP contribution >= 0.6 is 11.3 Å². The van der Waals surface area contributed by atoms with E-state index >= 15 is 0 Å². The van der Waals surface area contributed by atoms with Gasteiger partial charge in [0.25, 0.3) is 0 Å². The summed E-state index contributed by atoms with van der Waals surface area (Å²) in [5.74, 6) is 0.936. The molecule has 3 aromatic heterocycles. The molecule has 16 rings (SSSR count). The number of hydrogen-bond donors (Lipinski definition) is 0. The molecule has 2 aliphatic heterocycles. The lowest BCUT2D eigenvalue weighted by Gasteiger charge is -2.44. The Bertz CT molecular complexity index is 4680. The Kier molecular flexibility index (Phi) is 9.55. The van der Waals surface area contributed by atoms with Crippen molar-refractivity contribution in [2.75, 3.05) is 4.81 Å². The van der Waals surface area contributed by atoms with Crippen molar-refractivity contribution in [1.82, 2.24) is 14.1 Å². The van der Waals surface area contributed by atoms with E-state index in [-0.39, 0.29) is 33.9 Å². The van der Waals surface area contributed by atoms with Crippen LogP contribution in [0.5, 0.6) is 0 Å². The number of aromatic nitrogens is 3. The molecule has 9 aromatic carbocycles. The molecule has 0 spiro atoms. The summed E-state index contributed by atoms with van der Waals surface area (Å²) in [5.41, 5.74) is 26.9. The van der Waals surface area contributed by atoms with Gasteiger partial charge in [-0.1, -0.05) is 174 Å². The Morgan fingerprint density at radius 1 is 0.512 bits per heavy atom. The number of para-hydroxylation sites is 1. The topological polar surface area (TPSA) is 26.0 Å². The van der Waals surface area contributed by atoms with Gasteiger partial charge in [-0.25, -0.2) is 4.98 Å². The maximum atomic E-state index is 5.72. The normalized spacial score (nSPS) is 16.4. The van der Waals surface area contributed by atoms with E-state index in [0.29, 0.717) is 0 Å². The van der Waals surface area contributed by atoms with Crippen LogP contribution in [0, 0.1) is 0 Å². The maximum Gasteiger partial charge on any atom is 0.333 e. The number of imidazole rings is 1. The summed E-state index contributed by atoms with van der Waals surface area (Å²) < 4.78 is 7.82. The molecule has 5 heterocycles. The molecule has 4 nitrogen and oxygen atoms in total. The monoisotopic (exact) mass is 1050 g/mol. The largest absolute Gasteiger partial charge is 0.376 e. The van der Waals surface area contributed by atoms with E-state index < -0.39 is 0 Å². The van der Waals surface area contributed by atoms with Gasteiger partial charge < -0.3 is 9.38 Å². The molecule has 0 atom stereocenters. The molecule has 0 saturated heterocycles. The highest BCUT2D eigenvalue weighted by Crippen LogP contribution is 2.60. The van der Waals surface area contributed by atoms with E-state index in [1.54, 1.807) is 0 Å². The molecule has 0 amide bonds. The maximum absolute atomic E-state index is 5.72. The van der Waals surface area contributed by atoms with Crippen molar-refractivity contribution >= 4 is 93.5 Å². The van der Waals surface area contributed by atoms with Crippen LogP contribution in [0.1, 0.15) is 129 Å². The number of benzene rings is 9. The molecule has 0 N–H and O–H groups in total. The van der Waals surface area contributed by atoms with Crippen molar-refractivity contribution < 1.29 is 0 Å². The van der Waals surface area contributed by atoms with Crippen LogP contribution in [0.3, 0.4) is 0 Å². The van der Waals surface area contributed by atoms with Crippen LogP contribution in [0.15, 0.2) is 164 Å². The lowest BCUT2D eigenvalue weighted by molar-refractivity contribution is 0.332. The molecule has 0 unspecified atom stereocenters. The zero-order valence-corrected chi connectivity index (χ0v) is 49.1. The van der Waals surface area contributed by atoms with Crippen LogP contribution < -0.4 is 15.7 Å². The number of fused-ring (bicyclic) bond motifs is 18. The number of rotatable bonds is 3. The summed E-state index contributed by atoms with van der Waals surface area (Å²) in [5, 5.41) is 5.39. The molecular weight excluding hydrogens is 988 g/mol. The molecule has 0 saturated carbocycles. The first-order valence-electron chi connectivity index (χ1n) is 29.1. The molecule has 0 bridgehead atoms. The summed E-state index contributed by atoms with van der Waals surface area (Å²) >= 11 is 1.99. The third-order valence-corrected chi connectivity index (χ3v) is 20.7. The summed E-state index contributed by atoms with van der Waals surface area (Å²) in [6, 6.07) is 63.5. The summed E-state index contributed by atoms with van der Waals surface area (Å²) in [7, 11) is 0. The van der Waals surface area contributed by atoms with Gasteiger partial charge in [0, 0.05) is 70.2 Å². The fraction of sp³-hybridized carbons (Fsp3) is 0.257. The van der Waals surface area contributed by atoms with Gasteiger partial charge in [0.2, 0.25) is 0 Å². The average Bonchev–Trinajstić information content (AvgIpc) is 4.35. The number of thiophene rings is 1. The number of nitrogens with zero attached hydrogens (tertiary/aromatic N) is 4. The Morgan fingerprint density at radius 3 is 1.86 bits per heavy atom. The van der Waals surface area contributed by atoms with Gasteiger partial charge in [0.1, 0.15) is 5.82 Å². The lowest BCUT2D eigenvalue weighted by atomic mass is 9.43. The van der Waals surface area contributed by atoms with E-state index in [2.05, 4.69) is 261 Å². The Balaban J connectivity index is 1.12. The van der Waals surface area contributed by atoms with Gasteiger partial charge in [0.15, 0.2) is 0 Å². The highest BCUT2D eigenvalue weighted by Gasteiger charge is 2.51. The van der Waals surface area contributed by atoms with Gasteiger partial charge in [-0.2, -0.15) is 0 Å². The van der Waals surface area contributed by atoms with Crippen LogP contribution in [0.4, 0.5) is 11.4 Å². The number of hydrogen-bond acceptors (Lipinski definition) is 3. The zero-order valence-electron chi connectivity index (χ0n) is 48.3. The Morgan fingerprint density at radius 2 is 1.15 bits per heavy atom. The van der Waals surface area contributed by atoms with Crippen LogP contribution in [-0.2, 0) is 27.1 Å². The van der Waals surface area contributed by atoms with Crippen molar-refractivity contribution in [1.29, 1.82) is 0 Å². The summed E-state index contributed by atoms with van der Waals surface area (Å²) in [6.45, 7) is 28.7. The lowest BCUT2D eigenvalue weighted by Crippen LogP contribution is -2.61. The van der Waals surface area contributed by atoms with Crippen molar-refractivity contribution in [3.05, 3.63) is 197 Å². The van der Waals surface area contributed by atoms with Gasteiger partial charge in [0.05, 0.1) is 22.1 Å². The van der Waals surface area contributed by atoms with E-state index in [4.69, 9.17) is 4.98 Å². The molecule has 6 heteroatoms. The predicted octanol–water partition coefficient (Wildman–Crippen LogP) is 18.6. The first kappa shape index (κ1) is 48.3. The van der Waals surface area contributed by atoms with Crippen LogP contribution in [-0.4, -0.2) is 21.0 Å². The fourth-order valence-corrected chi connectivity index (χ4v) is 16.4. The summed E-state index contributed by atoms with van der Waals surface area (Å²) in [6.07, 6.45) is 2.38. The molecule has 0 fully saturated rings. The van der Waals surface area contributed by atoms with Crippen molar-refractivity contribution in [2.24, 2.45) is 0 Å². The minimum absolute atomic E-state index is 0.00852. The molecule has 80 heavy (non-hydrogen) atoms. The Hall–Kier alpha value is -7.67. The second kappa shape index (κ2) is 15.8. The molecule has 4 aliphatic rings. The van der Waals surface area contributed by atoms with E-state index in [9.17, 15) is 0 Å². The predicted molar refractivity (Wildman–Crippen MR) is 343 cm³/mol. The highest BCUT2D eigenvalue weighted by atomic mass is 32.1. The van der Waals surface area contributed by atoms with Crippen molar-refractivity contribution in [3.8, 4) is 45.0 Å². The molecule has 2 aliphatic carbocycles. The molecule has 12 aromatic rings. The fourth-order valence-electron chi connectivity index (χ4n) is 15.2. The second-order valence-electron chi connectivity index (χ2n) is 27.8. The zero-order chi connectivity index (χ0) is 54.9. The van der Waals surface area contributed by atoms with Crippen LogP contribution in [0.25, 0.3) is 98.0 Å². The van der Waals surface area contributed by atoms with Crippen LogP contribution in [0.2, 0.25) is 0 Å². The van der Waals surface area contributed by atoms with Gasteiger partial charge in [-0.3, -0.25) is 4.57 Å². The SMILES string of the molecule is CC(C)(C)c1ccc(N2B3c4cc5nc(-c6ccccc6)n(-c6ccccc6)c5cc4-n4c5ccc(C(C)(C)C)cc5c5c6c(c(c3c54)-c3cc4sc5cc7c(cc5c4cc32)C(C)(C)CCC7(C)C)C(C)(C)c2ccccc2-6)cc1. The smallest absolute Gasteiger partial charge is 0.333 e. The molecule has 0 radical (unpaired) electrons. The Labute approximate surface area is 474 Å². The highest BCUT2D eigenvalue weighted by molar-refractivity contribution is 7.25. The van der Waals surface area contributed by atoms with E-state index in [0.717, 1.165) is 28.1 Å². The first-order chi connectivity index (χ1) is 38.2. The average molecular weight is 1060 g/mol. The van der Waals surface area contributed by atoms with E-state index in [1.807, 2.05) is 11.3 Å². The minimum Gasteiger partial charge on any atom is -0.376 e. The van der Waals surface area contributed by atoms with Gasteiger partial charge >= 0.3 is 6.85 Å². The van der Waals surface area contributed by atoms with E-state index in [1.165, 1.54) is 138 Å². The first-order valence-corrected chi connectivity index (χ1v) is 29.9. The standard InChI is InChI=1S/C74H67BN4S/c1-70(2,3)43-27-30-46(31-28-43)79-58-37-49-48-36-53-54(73(9,10)34-33-72(53,7)8)39-62(48)80-61(49)38-51(58)65-66-63(47-25-19-20-26-52(47)74(66,11)12)64-50-35-44(71(4,5)6)29-32-57(50)78-59-41-60-56(40-55(59)75(79)67(65)68(64)78)76-69(42-21-15-13-16-22-42)77(60)45-23-17-14-18-24-45/h13-32,35-41H,33-34H2,1-12H3. The third-order valence-electron chi connectivity index (χ3n) is 19.6. The number of anilines is 2. The quantitative estimate of drug-likeness (QED) is 0.165. The van der Waals surface area contributed by atoms with Gasteiger partial charge in [-0.15, -0.1) is 11.3 Å². The molecule has 392 valence electrons.